The monoisotopic (exact) mass is 484 g/mol. The Morgan fingerprint density at radius 1 is 1.06 bits per heavy atom. The summed E-state index contributed by atoms with van der Waals surface area (Å²) in [6.07, 6.45) is 0. The maximum atomic E-state index is 13.6. The van der Waals surface area contributed by atoms with E-state index in [4.69, 9.17) is 9.47 Å². The number of tetrazole rings is 1. The molecule has 2 N–H and O–H groups in total. The van der Waals surface area contributed by atoms with Crippen molar-refractivity contribution in [2.24, 2.45) is 5.92 Å². The topological polar surface area (TPSA) is 103 Å². The third kappa shape index (κ3) is 4.59. The number of aromatic nitrogens is 4. The summed E-state index contributed by atoms with van der Waals surface area (Å²) in [4.78, 5) is 13.6. The lowest BCUT2D eigenvalue weighted by molar-refractivity contribution is -0.121. The Morgan fingerprint density at radius 3 is 2.61 bits per heavy atom. The highest BCUT2D eigenvalue weighted by Gasteiger charge is 2.42. The van der Waals surface area contributed by atoms with Crippen LogP contribution in [-0.4, -0.2) is 39.3 Å². The van der Waals surface area contributed by atoms with Gasteiger partial charge >= 0.3 is 0 Å². The highest BCUT2D eigenvalue weighted by Crippen LogP contribution is 2.39. The highest BCUT2D eigenvalue weighted by atomic mass is 16.5. The molecule has 9 nitrogen and oxygen atoms in total. The summed E-state index contributed by atoms with van der Waals surface area (Å²) in [6.45, 7) is 4.34. The van der Waals surface area contributed by atoms with Crippen molar-refractivity contribution in [1.82, 2.24) is 20.2 Å². The van der Waals surface area contributed by atoms with Gasteiger partial charge in [-0.05, 0) is 59.2 Å². The smallest absolute Gasteiger partial charge is 0.243 e. The normalized spacial score (nSPS) is 18.6. The second-order valence-electron chi connectivity index (χ2n) is 8.84. The van der Waals surface area contributed by atoms with E-state index in [1.807, 2.05) is 86.6 Å². The minimum absolute atomic E-state index is 0.126. The highest BCUT2D eigenvalue weighted by molar-refractivity contribution is 5.94. The van der Waals surface area contributed by atoms with Gasteiger partial charge in [-0.25, -0.2) is 4.68 Å². The van der Waals surface area contributed by atoms with Crippen LogP contribution in [0.15, 0.2) is 72.8 Å². The number of methoxy groups -OCH3 is 1. The molecule has 0 aliphatic carbocycles. The molecular formula is C27H28N6O3. The minimum atomic E-state index is -0.499. The van der Waals surface area contributed by atoms with Crippen molar-refractivity contribution in [2.45, 2.75) is 32.5 Å². The van der Waals surface area contributed by atoms with Gasteiger partial charge in [0.15, 0.2) is 11.5 Å². The van der Waals surface area contributed by atoms with Crippen LogP contribution in [-0.2, 0) is 11.4 Å². The molecule has 0 spiro atoms. The number of hydrogen-bond donors (Lipinski definition) is 2. The molecule has 5 rings (SSSR count). The lowest BCUT2D eigenvalue weighted by Crippen LogP contribution is -2.46. The first-order valence-corrected chi connectivity index (χ1v) is 11.8. The molecule has 184 valence electrons. The summed E-state index contributed by atoms with van der Waals surface area (Å²) < 4.78 is 13.4. The van der Waals surface area contributed by atoms with Crippen molar-refractivity contribution in [1.29, 1.82) is 0 Å². The van der Waals surface area contributed by atoms with E-state index < -0.39 is 12.0 Å². The molecule has 4 aromatic rings. The Kier molecular flexibility index (Phi) is 6.53. The maximum Gasteiger partial charge on any atom is 0.243 e. The summed E-state index contributed by atoms with van der Waals surface area (Å²) in [7, 11) is 1.60. The Morgan fingerprint density at radius 2 is 1.83 bits per heavy atom. The molecule has 0 bridgehead atoms. The summed E-state index contributed by atoms with van der Waals surface area (Å²) in [5, 5.41) is 18.5. The van der Waals surface area contributed by atoms with Crippen molar-refractivity contribution in [3.8, 4) is 11.5 Å². The van der Waals surface area contributed by atoms with E-state index in [0.29, 0.717) is 24.1 Å². The van der Waals surface area contributed by atoms with Crippen molar-refractivity contribution in [3.05, 3.63) is 89.5 Å². The van der Waals surface area contributed by atoms with Gasteiger partial charge in [-0.3, -0.25) is 4.79 Å². The Balaban J connectivity index is 1.47. The van der Waals surface area contributed by atoms with Crippen LogP contribution in [0.2, 0.25) is 0 Å². The number of benzene rings is 3. The molecule has 1 amide bonds. The zero-order valence-corrected chi connectivity index (χ0v) is 20.4. The number of ether oxygens (including phenoxy) is 2. The van der Waals surface area contributed by atoms with Crippen molar-refractivity contribution in [3.63, 3.8) is 0 Å². The standard InChI is InChI=1S/C27H28N6O3/c1-17-9-7-8-12-21(17)29-26(34)24-18(2)28-27-30-31-32-33(27)25(24)20-13-14-22(23(15-20)35-3)36-16-19-10-5-4-6-11-19/h4-15,18,24-25H,16H2,1-3H3,(H,29,34)(H,28,30,32). The number of nitrogens with one attached hydrogen (secondary N) is 2. The number of nitrogens with zero attached hydrogens (tertiary/aromatic N) is 4. The van der Waals surface area contributed by atoms with E-state index in [1.54, 1.807) is 11.8 Å². The van der Waals surface area contributed by atoms with Gasteiger partial charge in [0.25, 0.3) is 0 Å². The molecule has 9 heteroatoms. The molecular weight excluding hydrogens is 456 g/mol. The predicted octanol–water partition coefficient (Wildman–Crippen LogP) is 4.23. The Hall–Kier alpha value is -4.40. The number of para-hydroxylation sites is 1. The third-order valence-corrected chi connectivity index (χ3v) is 6.46. The van der Waals surface area contributed by atoms with E-state index in [2.05, 4.69) is 26.2 Å². The molecule has 3 atom stereocenters. The van der Waals surface area contributed by atoms with Crippen molar-refractivity contribution < 1.29 is 14.3 Å². The van der Waals surface area contributed by atoms with Gasteiger partial charge in [0.1, 0.15) is 6.61 Å². The van der Waals surface area contributed by atoms with E-state index >= 15 is 0 Å². The van der Waals surface area contributed by atoms with E-state index in [0.717, 1.165) is 22.4 Å². The number of amides is 1. The van der Waals surface area contributed by atoms with Gasteiger partial charge in [-0.15, -0.1) is 0 Å². The zero-order valence-electron chi connectivity index (χ0n) is 20.4. The van der Waals surface area contributed by atoms with E-state index in [-0.39, 0.29) is 11.9 Å². The number of fused-ring (bicyclic) bond motifs is 1. The predicted molar refractivity (Wildman–Crippen MR) is 136 cm³/mol. The molecule has 0 saturated heterocycles. The Bertz CT molecular complexity index is 1360. The molecule has 1 aromatic heterocycles. The largest absolute Gasteiger partial charge is 0.493 e. The van der Waals surface area contributed by atoms with Crippen LogP contribution in [0.1, 0.15) is 29.7 Å². The fraction of sp³-hybridized carbons (Fsp3) is 0.259. The first-order chi connectivity index (χ1) is 17.5. The van der Waals surface area contributed by atoms with Gasteiger partial charge in [0.05, 0.1) is 19.1 Å². The second-order valence-corrected chi connectivity index (χ2v) is 8.84. The fourth-order valence-electron chi connectivity index (χ4n) is 4.57. The number of carbonyl (C=O) groups excluding carboxylic acids is 1. The lowest BCUT2D eigenvalue weighted by atomic mass is 9.85. The fourth-order valence-corrected chi connectivity index (χ4v) is 4.57. The van der Waals surface area contributed by atoms with Gasteiger partial charge in [-0.1, -0.05) is 59.7 Å². The summed E-state index contributed by atoms with van der Waals surface area (Å²) in [5.41, 5.74) is 3.66. The summed E-state index contributed by atoms with van der Waals surface area (Å²) in [6, 6.07) is 22.7. The number of carbonyl (C=O) groups is 1. The molecule has 0 saturated carbocycles. The summed E-state index contributed by atoms with van der Waals surface area (Å²) in [5.74, 6) is 1.07. The molecule has 3 unspecified atom stereocenters. The van der Waals surface area contributed by atoms with Gasteiger partial charge < -0.3 is 20.1 Å². The van der Waals surface area contributed by atoms with Crippen LogP contribution in [0.3, 0.4) is 0 Å². The average molecular weight is 485 g/mol. The van der Waals surface area contributed by atoms with Crippen molar-refractivity contribution >= 4 is 17.5 Å². The minimum Gasteiger partial charge on any atom is -0.493 e. The number of hydrogen-bond acceptors (Lipinski definition) is 7. The first-order valence-electron chi connectivity index (χ1n) is 11.8. The molecule has 0 radical (unpaired) electrons. The molecule has 1 aliphatic rings. The molecule has 3 aromatic carbocycles. The quantitative estimate of drug-likeness (QED) is 0.405. The zero-order chi connectivity index (χ0) is 25.1. The van der Waals surface area contributed by atoms with E-state index in [9.17, 15) is 4.79 Å². The molecule has 1 aliphatic heterocycles. The van der Waals surface area contributed by atoms with Crippen LogP contribution in [0.4, 0.5) is 11.6 Å². The van der Waals surface area contributed by atoms with Crippen LogP contribution >= 0.6 is 0 Å². The van der Waals surface area contributed by atoms with Crippen LogP contribution in [0.5, 0.6) is 11.5 Å². The van der Waals surface area contributed by atoms with Gasteiger partial charge in [-0.2, -0.15) is 0 Å². The maximum absolute atomic E-state index is 13.6. The summed E-state index contributed by atoms with van der Waals surface area (Å²) >= 11 is 0. The third-order valence-electron chi connectivity index (χ3n) is 6.46. The number of rotatable bonds is 7. The van der Waals surface area contributed by atoms with Crippen LogP contribution in [0, 0.1) is 12.8 Å². The number of anilines is 2. The van der Waals surface area contributed by atoms with Crippen molar-refractivity contribution in [2.75, 3.05) is 17.7 Å². The molecule has 0 fully saturated rings. The molecule has 36 heavy (non-hydrogen) atoms. The average Bonchev–Trinajstić information content (AvgIpc) is 3.36. The number of aryl methyl sites for hydroxylation is 1. The lowest BCUT2D eigenvalue weighted by Gasteiger charge is -2.36. The first kappa shape index (κ1) is 23.3. The van der Waals surface area contributed by atoms with Crippen LogP contribution in [0.25, 0.3) is 0 Å². The second kappa shape index (κ2) is 10.1. The van der Waals surface area contributed by atoms with Crippen LogP contribution < -0.4 is 20.1 Å². The Labute approximate surface area is 209 Å². The SMILES string of the molecule is COc1cc(C2C(C(=O)Nc3ccccc3C)C(C)Nc3nnnn32)ccc1OCc1ccccc1. The molecule has 2 heterocycles. The van der Waals surface area contributed by atoms with Gasteiger partial charge in [0.2, 0.25) is 11.9 Å². The van der Waals surface area contributed by atoms with E-state index in [1.165, 1.54) is 0 Å². The van der Waals surface area contributed by atoms with Gasteiger partial charge in [0, 0.05) is 11.7 Å².